The van der Waals surface area contributed by atoms with Crippen molar-refractivity contribution in [1.29, 1.82) is 0 Å². The van der Waals surface area contributed by atoms with Gasteiger partial charge in [-0.1, -0.05) is 29.3 Å². The number of hydrogen-bond acceptors (Lipinski definition) is 9. The minimum Gasteiger partial charge on any atom is -0.387 e. The topological polar surface area (TPSA) is 152 Å². The monoisotopic (exact) mass is 426 g/mol. The molecule has 3 aromatic rings. The first-order valence-electron chi connectivity index (χ1n) is 8.21. The average Bonchev–Trinajstić information content (AvgIpc) is 3.25. The Kier molecular flexibility index (Phi) is 5.10. The van der Waals surface area contributed by atoms with Crippen molar-refractivity contribution in [2.75, 3.05) is 5.43 Å². The lowest BCUT2D eigenvalue weighted by Crippen LogP contribution is -2.35. The van der Waals surface area contributed by atoms with Gasteiger partial charge in [-0.05, 0) is 17.7 Å². The molecule has 148 valence electrons. The van der Waals surface area contributed by atoms with E-state index in [2.05, 4.69) is 20.5 Å². The number of halogens is 2. The van der Waals surface area contributed by atoms with E-state index in [0.29, 0.717) is 27.4 Å². The molecule has 1 aliphatic heterocycles. The first-order chi connectivity index (χ1) is 13.4. The molecule has 0 saturated carbocycles. The van der Waals surface area contributed by atoms with Crippen molar-refractivity contribution in [3.8, 4) is 0 Å². The largest absolute Gasteiger partial charge is 0.387 e. The van der Waals surface area contributed by atoms with Gasteiger partial charge in [0.1, 0.15) is 30.7 Å². The fourth-order valence-corrected chi connectivity index (χ4v) is 3.50. The van der Waals surface area contributed by atoms with Gasteiger partial charge in [0, 0.05) is 0 Å². The first-order valence-corrected chi connectivity index (χ1v) is 8.97. The number of ether oxygens (including phenoxy) is 1. The number of fused-ring (bicyclic) bond motifs is 1. The second kappa shape index (κ2) is 7.41. The summed E-state index contributed by atoms with van der Waals surface area (Å²) in [7, 11) is 0. The number of aliphatic hydroxyl groups is 3. The van der Waals surface area contributed by atoms with Crippen LogP contribution < -0.4 is 11.3 Å². The zero-order valence-electron chi connectivity index (χ0n) is 14.1. The molecule has 10 nitrogen and oxygen atoms in total. The number of nitrogen functional groups attached to an aromatic ring is 1. The van der Waals surface area contributed by atoms with Gasteiger partial charge in [0.05, 0.1) is 21.6 Å². The predicted octanol–water partition coefficient (Wildman–Crippen LogP) is 0.771. The summed E-state index contributed by atoms with van der Waals surface area (Å²) in [4.78, 5) is 8.11. The van der Waals surface area contributed by atoms with Crippen molar-refractivity contribution in [2.45, 2.75) is 30.6 Å². The maximum absolute atomic E-state index is 10.7. The van der Waals surface area contributed by atoms with E-state index < -0.39 is 30.6 Å². The van der Waals surface area contributed by atoms with Crippen LogP contribution in [0.15, 0.2) is 30.7 Å². The zero-order chi connectivity index (χ0) is 20.0. The maximum atomic E-state index is 10.7. The van der Waals surface area contributed by atoms with Crippen molar-refractivity contribution in [2.24, 2.45) is 5.84 Å². The smallest absolute Gasteiger partial charge is 0.181 e. The molecule has 0 radical (unpaired) electrons. The Labute approximate surface area is 168 Å². The van der Waals surface area contributed by atoms with Crippen LogP contribution in [0.3, 0.4) is 0 Å². The number of nitrogens with two attached hydrogens (primary N) is 1. The van der Waals surface area contributed by atoms with E-state index in [0.717, 1.165) is 0 Å². The highest BCUT2D eigenvalue weighted by Gasteiger charge is 2.48. The Morgan fingerprint density at radius 2 is 1.96 bits per heavy atom. The molecule has 1 aromatic carbocycles. The van der Waals surface area contributed by atoms with E-state index in [1.54, 1.807) is 6.07 Å². The fourth-order valence-electron chi connectivity index (χ4n) is 3.20. The summed E-state index contributed by atoms with van der Waals surface area (Å²) in [6.07, 6.45) is -3.51. The number of anilines is 1. The number of nitrogens with zero attached hydrogens (tertiary/aromatic N) is 4. The Hall–Kier alpha value is -2.05. The van der Waals surface area contributed by atoms with Crippen molar-refractivity contribution in [3.63, 3.8) is 0 Å². The van der Waals surface area contributed by atoms with Gasteiger partial charge in [0.15, 0.2) is 17.7 Å². The summed E-state index contributed by atoms with van der Waals surface area (Å²) in [6.45, 7) is 0. The molecular weight excluding hydrogens is 411 g/mol. The Morgan fingerprint density at radius 1 is 1.18 bits per heavy atom. The molecule has 4 rings (SSSR count). The number of hydrogen-bond donors (Lipinski definition) is 5. The molecule has 1 saturated heterocycles. The van der Waals surface area contributed by atoms with Gasteiger partial charge in [-0.25, -0.2) is 20.5 Å². The molecule has 1 unspecified atom stereocenters. The molecule has 28 heavy (non-hydrogen) atoms. The summed E-state index contributed by atoms with van der Waals surface area (Å²) in [6, 6.07) is 4.56. The van der Waals surface area contributed by atoms with E-state index in [-0.39, 0.29) is 5.02 Å². The van der Waals surface area contributed by atoms with Crippen LogP contribution in [-0.2, 0) is 4.74 Å². The van der Waals surface area contributed by atoms with Crippen molar-refractivity contribution >= 4 is 40.1 Å². The highest BCUT2D eigenvalue weighted by molar-refractivity contribution is 6.42. The molecule has 0 bridgehead atoms. The first kappa shape index (κ1) is 19.3. The number of aromatic nitrogens is 4. The Balaban J connectivity index is 1.65. The SMILES string of the molecule is NNc1ncnc2c1cnn2[C@@H]1O[C@H](C(O)c2ccc(Cl)c(Cl)c2)[C@@H](O)[C@H]1O. The van der Waals surface area contributed by atoms with Crippen molar-refractivity contribution < 1.29 is 20.1 Å². The van der Waals surface area contributed by atoms with Gasteiger partial charge in [-0.15, -0.1) is 0 Å². The van der Waals surface area contributed by atoms with Crippen LogP contribution in [0.2, 0.25) is 10.0 Å². The van der Waals surface area contributed by atoms with Crippen LogP contribution in [0.4, 0.5) is 5.82 Å². The lowest BCUT2D eigenvalue weighted by atomic mass is 9.99. The molecule has 6 N–H and O–H groups in total. The van der Waals surface area contributed by atoms with Crippen LogP contribution in [0, 0.1) is 0 Å². The lowest BCUT2D eigenvalue weighted by Gasteiger charge is -2.21. The Morgan fingerprint density at radius 3 is 2.68 bits per heavy atom. The van der Waals surface area contributed by atoms with Crippen LogP contribution in [-0.4, -0.2) is 53.4 Å². The van der Waals surface area contributed by atoms with E-state index in [4.69, 9.17) is 33.8 Å². The lowest BCUT2D eigenvalue weighted by molar-refractivity contribution is -0.0884. The van der Waals surface area contributed by atoms with E-state index >= 15 is 0 Å². The molecule has 1 aliphatic rings. The molecule has 5 atom stereocenters. The fraction of sp³-hybridized carbons (Fsp3) is 0.312. The van der Waals surface area contributed by atoms with Gasteiger partial charge in [-0.2, -0.15) is 5.10 Å². The minimum absolute atomic E-state index is 0.249. The second-order valence-corrected chi connectivity index (χ2v) is 7.10. The third kappa shape index (κ3) is 3.08. The van der Waals surface area contributed by atoms with Crippen molar-refractivity contribution in [1.82, 2.24) is 19.7 Å². The number of rotatable bonds is 4. The van der Waals surface area contributed by atoms with E-state index in [9.17, 15) is 15.3 Å². The summed E-state index contributed by atoms with van der Waals surface area (Å²) in [5.41, 5.74) is 3.15. The Bertz CT molecular complexity index is 1020. The number of hydrazine groups is 1. The van der Waals surface area contributed by atoms with Gasteiger partial charge in [0.2, 0.25) is 0 Å². The molecule has 2 aromatic heterocycles. The average molecular weight is 427 g/mol. The minimum atomic E-state index is -1.39. The van der Waals surface area contributed by atoms with Gasteiger partial charge in [0.25, 0.3) is 0 Å². The molecule has 1 fully saturated rings. The zero-order valence-corrected chi connectivity index (χ0v) is 15.7. The van der Waals surface area contributed by atoms with Crippen LogP contribution in [0.25, 0.3) is 11.0 Å². The molecule has 0 spiro atoms. The van der Waals surface area contributed by atoms with Gasteiger partial charge >= 0.3 is 0 Å². The van der Waals surface area contributed by atoms with E-state index in [1.165, 1.54) is 29.3 Å². The number of aliphatic hydroxyl groups excluding tert-OH is 3. The number of benzene rings is 1. The molecular formula is C16H16Cl2N6O4. The van der Waals surface area contributed by atoms with Crippen molar-refractivity contribution in [3.05, 3.63) is 46.3 Å². The molecule has 0 amide bonds. The van der Waals surface area contributed by atoms with Gasteiger partial charge < -0.3 is 25.5 Å². The standard InChI is InChI=1S/C16H16Cl2N6O4/c17-8-2-1-6(3-9(8)18)10(25)13-11(26)12(27)16(28-13)24-15-7(4-22-24)14(23-19)20-5-21-15/h1-5,10-13,16,25-27H,19H2,(H,20,21,23)/t10?,11-,12+,13+,16+/m0/s1. The third-order valence-electron chi connectivity index (χ3n) is 4.64. The van der Waals surface area contributed by atoms with Crippen LogP contribution in [0.1, 0.15) is 17.9 Å². The quantitative estimate of drug-likeness (QED) is 0.300. The normalized spacial score (nSPS) is 25.9. The van der Waals surface area contributed by atoms with E-state index in [1.807, 2.05) is 0 Å². The highest BCUT2D eigenvalue weighted by Crippen LogP contribution is 2.38. The molecule has 3 heterocycles. The second-order valence-electron chi connectivity index (χ2n) is 6.28. The maximum Gasteiger partial charge on any atom is 0.181 e. The summed E-state index contributed by atoms with van der Waals surface area (Å²) in [5, 5.41) is 36.9. The summed E-state index contributed by atoms with van der Waals surface area (Å²) in [5.74, 6) is 5.77. The van der Waals surface area contributed by atoms with Crippen LogP contribution in [0.5, 0.6) is 0 Å². The summed E-state index contributed by atoms with van der Waals surface area (Å²) >= 11 is 11.9. The molecule has 12 heteroatoms. The van der Waals surface area contributed by atoms with Crippen LogP contribution >= 0.6 is 23.2 Å². The summed E-state index contributed by atoms with van der Waals surface area (Å²) < 4.78 is 7.06. The molecule has 0 aliphatic carbocycles. The number of nitrogens with one attached hydrogen (secondary N) is 1. The highest BCUT2D eigenvalue weighted by atomic mass is 35.5. The third-order valence-corrected chi connectivity index (χ3v) is 5.38. The predicted molar refractivity (Wildman–Crippen MR) is 100 cm³/mol. The van der Waals surface area contributed by atoms with Gasteiger partial charge in [-0.3, -0.25) is 0 Å².